The highest BCUT2D eigenvalue weighted by atomic mass is 32.2. The summed E-state index contributed by atoms with van der Waals surface area (Å²) in [5.41, 5.74) is 0.859. The Bertz CT molecular complexity index is 1970. The summed E-state index contributed by atoms with van der Waals surface area (Å²) in [5.74, 6) is 0.609. The number of aliphatic hydroxyl groups excluding tert-OH is 1. The smallest absolute Gasteiger partial charge is 0.295 e. The van der Waals surface area contributed by atoms with Crippen molar-refractivity contribution in [3.63, 3.8) is 0 Å². The first-order chi connectivity index (χ1) is 27.0. The summed E-state index contributed by atoms with van der Waals surface area (Å²) in [6.07, 6.45) is 8.43. The van der Waals surface area contributed by atoms with E-state index in [9.17, 15) is 31.2 Å². The number of carbonyl (C=O) groups is 1. The average molecular weight is 891 g/mol. The zero-order chi connectivity index (χ0) is 43.3. The molecule has 2 aromatic rings. The van der Waals surface area contributed by atoms with E-state index in [1.165, 1.54) is 30.3 Å². The van der Waals surface area contributed by atoms with Gasteiger partial charge in [0, 0.05) is 107 Å². The van der Waals surface area contributed by atoms with E-state index in [-0.39, 0.29) is 37.0 Å². The van der Waals surface area contributed by atoms with Gasteiger partial charge in [-0.3, -0.25) is 18.7 Å². The van der Waals surface area contributed by atoms with Crippen molar-refractivity contribution in [1.82, 2.24) is 27.7 Å². The number of ether oxygens (including phenoxy) is 2. The van der Waals surface area contributed by atoms with Gasteiger partial charge in [0.05, 0.1) is 23.9 Å². The van der Waals surface area contributed by atoms with Crippen molar-refractivity contribution < 1.29 is 36.2 Å². The molecule has 2 aromatic heterocycles. The zero-order valence-electron chi connectivity index (χ0n) is 35.7. The molecule has 4 rings (SSSR count). The number of sulfonamides is 2. The van der Waals surface area contributed by atoms with Gasteiger partial charge < -0.3 is 29.2 Å². The van der Waals surface area contributed by atoms with Crippen molar-refractivity contribution in [3.05, 3.63) is 44.5 Å². The van der Waals surface area contributed by atoms with Crippen molar-refractivity contribution in [1.29, 1.82) is 0 Å². The molecule has 2 fully saturated rings. The Morgan fingerprint density at radius 2 is 1.05 bits per heavy atom. The predicted octanol–water partition coefficient (Wildman–Crippen LogP) is 1.33. The minimum atomic E-state index is -3.25. The molecule has 58 heavy (non-hydrogen) atoms. The van der Waals surface area contributed by atoms with E-state index in [1.807, 2.05) is 9.80 Å². The number of carbonyl (C=O) groups excluding carboxylic acids is 1. The van der Waals surface area contributed by atoms with E-state index in [1.54, 1.807) is 12.4 Å². The SMILES string of the molecule is C[Si](C)(C)CCOCn1cc(CCC=O)nc(N2CCN(S(C)(=O)=O)CC2)c1=O.C[Si](C)(C)CCOCn1cc(CCCO)nc(N2CCN(S(C)(=O)=O)CC2)c1=O. The van der Waals surface area contributed by atoms with Gasteiger partial charge in [-0.15, -0.1) is 0 Å². The lowest BCUT2D eigenvalue weighted by molar-refractivity contribution is -0.107. The highest BCUT2D eigenvalue weighted by molar-refractivity contribution is 7.88. The maximum absolute atomic E-state index is 13.0. The van der Waals surface area contributed by atoms with E-state index < -0.39 is 36.2 Å². The van der Waals surface area contributed by atoms with Gasteiger partial charge in [0.2, 0.25) is 20.0 Å². The van der Waals surface area contributed by atoms with Gasteiger partial charge in [-0.05, 0) is 31.4 Å². The highest BCUT2D eigenvalue weighted by Gasteiger charge is 2.28. The van der Waals surface area contributed by atoms with Gasteiger partial charge in [-0.25, -0.2) is 26.8 Å². The van der Waals surface area contributed by atoms with E-state index in [4.69, 9.17) is 14.6 Å². The maximum atomic E-state index is 13.0. The van der Waals surface area contributed by atoms with Crippen LogP contribution in [-0.2, 0) is 60.6 Å². The van der Waals surface area contributed by atoms with Gasteiger partial charge >= 0.3 is 0 Å². The molecule has 0 unspecified atom stereocenters. The van der Waals surface area contributed by atoms with Crippen LogP contribution in [0.4, 0.5) is 11.6 Å². The highest BCUT2D eigenvalue weighted by Crippen LogP contribution is 2.16. The molecule has 0 aromatic carbocycles. The lowest BCUT2D eigenvalue weighted by atomic mass is 10.2. The number of aliphatic hydroxyl groups is 1. The molecule has 0 atom stereocenters. The monoisotopic (exact) mass is 890 g/mol. The number of aromatic nitrogens is 4. The second-order valence-electron chi connectivity index (χ2n) is 17.2. The quantitative estimate of drug-likeness (QED) is 0.113. The first-order valence-electron chi connectivity index (χ1n) is 19.8. The maximum Gasteiger partial charge on any atom is 0.295 e. The van der Waals surface area contributed by atoms with Crippen molar-refractivity contribution in [2.75, 3.05) is 94.5 Å². The molecule has 0 aliphatic carbocycles. The van der Waals surface area contributed by atoms with Crippen LogP contribution >= 0.6 is 0 Å². The summed E-state index contributed by atoms with van der Waals surface area (Å²) >= 11 is 0. The minimum Gasteiger partial charge on any atom is -0.396 e. The van der Waals surface area contributed by atoms with Crippen molar-refractivity contribution in [3.8, 4) is 0 Å². The van der Waals surface area contributed by atoms with Crippen molar-refractivity contribution in [2.24, 2.45) is 0 Å². The molecule has 0 bridgehead atoms. The molecule has 2 aliphatic rings. The fourth-order valence-corrected chi connectivity index (χ4v) is 9.18. The van der Waals surface area contributed by atoms with E-state index in [2.05, 4.69) is 49.3 Å². The molecule has 0 radical (unpaired) electrons. The van der Waals surface area contributed by atoms with Gasteiger partial charge in [0.15, 0.2) is 11.6 Å². The van der Waals surface area contributed by atoms with Crippen LogP contribution in [0.15, 0.2) is 22.0 Å². The number of piperazine rings is 2. The minimum absolute atomic E-state index is 0.0515. The summed E-state index contributed by atoms with van der Waals surface area (Å²) in [6.45, 7) is 18.1. The fraction of sp³-hybridized carbons (Fsp3) is 0.750. The third kappa shape index (κ3) is 16.7. The Labute approximate surface area is 346 Å². The molecule has 2 saturated heterocycles. The number of anilines is 2. The Hall–Kier alpha value is -2.84. The molecule has 330 valence electrons. The molecule has 22 heteroatoms. The first kappa shape index (κ1) is 49.5. The molecule has 0 spiro atoms. The second kappa shape index (κ2) is 22.1. The molecule has 0 saturated carbocycles. The second-order valence-corrected chi connectivity index (χ2v) is 32.4. The number of aryl methyl sites for hydroxylation is 2. The first-order valence-corrected chi connectivity index (χ1v) is 30.9. The van der Waals surface area contributed by atoms with E-state index >= 15 is 0 Å². The fourth-order valence-electron chi connectivity index (χ4n) is 6.02. The van der Waals surface area contributed by atoms with Crippen LogP contribution < -0.4 is 20.9 Å². The number of hydrogen-bond donors (Lipinski definition) is 1. The van der Waals surface area contributed by atoms with Gasteiger partial charge in [0.1, 0.15) is 19.7 Å². The Morgan fingerprint density at radius 3 is 1.38 bits per heavy atom. The lowest BCUT2D eigenvalue weighted by Gasteiger charge is -2.33. The van der Waals surface area contributed by atoms with Crippen LogP contribution in [0.1, 0.15) is 24.2 Å². The number of nitrogens with zero attached hydrogens (tertiary/aromatic N) is 8. The standard InChI is InChI=1S/C18H34N4O5SSi.C18H32N4O5SSi/c2*1-28(25,26)22-9-7-20(8-10-22)17-18(24)21(14-16(19-17)6-5-11-23)15-27-12-13-29(2,3)4/h14,23H,5-13,15H2,1-4H3;11,14H,5-10,12-13,15H2,1-4H3. The molecule has 4 heterocycles. The summed E-state index contributed by atoms with van der Waals surface area (Å²) < 4.78 is 64.2. The predicted molar refractivity (Wildman–Crippen MR) is 232 cm³/mol. The summed E-state index contributed by atoms with van der Waals surface area (Å²) in [4.78, 5) is 49.3. The normalized spacial score (nSPS) is 16.3. The van der Waals surface area contributed by atoms with Crippen molar-refractivity contribution in [2.45, 2.75) is 90.5 Å². The van der Waals surface area contributed by atoms with Crippen LogP contribution in [0.2, 0.25) is 51.4 Å². The average Bonchev–Trinajstić information content (AvgIpc) is 3.14. The Balaban J connectivity index is 0.000000310. The Kier molecular flexibility index (Phi) is 18.9. The molecule has 18 nitrogen and oxygen atoms in total. The van der Waals surface area contributed by atoms with Gasteiger partial charge in [-0.2, -0.15) is 8.61 Å². The van der Waals surface area contributed by atoms with Crippen LogP contribution in [0.25, 0.3) is 0 Å². The van der Waals surface area contributed by atoms with Gasteiger partial charge in [0.25, 0.3) is 11.1 Å². The molecular formula is C36H66N8O10S2Si2. The summed E-state index contributed by atoms with van der Waals surface area (Å²) in [7, 11) is -8.92. The van der Waals surface area contributed by atoms with Crippen LogP contribution in [-0.4, -0.2) is 157 Å². The van der Waals surface area contributed by atoms with Gasteiger partial charge in [-0.1, -0.05) is 39.3 Å². The third-order valence-corrected chi connectivity index (χ3v) is 15.6. The summed E-state index contributed by atoms with van der Waals surface area (Å²) in [5, 5.41) is 9.13. The zero-order valence-corrected chi connectivity index (χ0v) is 39.3. The number of aldehydes is 1. The number of hydrogen-bond acceptors (Lipinski definition) is 14. The molecule has 0 amide bonds. The van der Waals surface area contributed by atoms with Crippen LogP contribution in [0, 0.1) is 0 Å². The van der Waals surface area contributed by atoms with Crippen LogP contribution in [0.3, 0.4) is 0 Å². The summed E-state index contributed by atoms with van der Waals surface area (Å²) in [6, 6.07) is 2.02. The third-order valence-electron chi connectivity index (χ3n) is 9.59. The molecule has 2 aliphatic heterocycles. The topological polar surface area (TPSA) is 207 Å². The van der Waals surface area contributed by atoms with Crippen LogP contribution in [0.5, 0.6) is 0 Å². The van der Waals surface area contributed by atoms with Crippen molar-refractivity contribution >= 4 is 54.1 Å². The number of rotatable bonds is 20. The molecule has 1 N–H and O–H groups in total. The lowest BCUT2D eigenvalue weighted by Crippen LogP contribution is -2.50. The van der Waals surface area contributed by atoms with E-state index in [0.717, 1.165) is 18.4 Å². The largest absolute Gasteiger partial charge is 0.396 e. The van der Waals surface area contributed by atoms with E-state index in [0.29, 0.717) is 108 Å². The Morgan fingerprint density at radius 1 is 0.672 bits per heavy atom. The molecular weight excluding hydrogens is 825 g/mol.